The number of carbonyl (C=O) groups excluding carboxylic acids is 1. The van der Waals surface area contributed by atoms with E-state index in [2.05, 4.69) is 10.4 Å². The molecule has 1 aliphatic heterocycles. The van der Waals surface area contributed by atoms with Crippen LogP contribution >= 0.6 is 23.2 Å². The molecule has 7 nitrogen and oxygen atoms in total. The first kappa shape index (κ1) is 20.1. The van der Waals surface area contributed by atoms with Crippen LogP contribution < -0.4 is 5.32 Å². The fraction of sp³-hybridized carbons (Fsp3) is 0.412. The molecule has 1 fully saturated rings. The summed E-state index contributed by atoms with van der Waals surface area (Å²) in [6.45, 7) is 3.14. The van der Waals surface area contributed by atoms with Gasteiger partial charge in [0.15, 0.2) is 0 Å². The number of nitrogens with zero attached hydrogens (tertiary/aromatic N) is 3. The molecule has 1 amide bonds. The van der Waals surface area contributed by atoms with Gasteiger partial charge in [-0.3, -0.25) is 9.48 Å². The van der Waals surface area contributed by atoms with Gasteiger partial charge in [0.2, 0.25) is 15.9 Å². The van der Waals surface area contributed by atoms with Crippen LogP contribution in [0.1, 0.15) is 19.8 Å². The van der Waals surface area contributed by atoms with Gasteiger partial charge in [0.25, 0.3) is 0 Å². The van der Waals surface area contributed by atoms with Crippen LogP contribution in [0.2, 0.25) is 10.0 Å². The van der Waals surface area contributed by atoms with Crippen LogP contribution in [0.3, 0.4) is 0 Å². The second-order valence-corrected chi connectivity index (χ2v) is 8.99. The minimum atomic E-state index is -3.81. The van der Waals surface area contributed by atoms with Gasteiger partial charge in [-0.15, -0.1) is 0 Å². The maximum atomic E-state index is 12.9. The van der Waals surface area contributed by atoms with Crippen molar-refractivity contribution >= 4 is 44.8 Å². The van der Waals surface area contributed by atoms with E-state index in [4.69, 9.17) is 23.2 Å². The van der Waals surface area contributed by atoms with Crippen molar-refractivity contribution in [3.63, 3.8) is 0 Å². The average molecular weight is 431 g/mol. The van der Waals surface area contributed by atoms with Crippen molar-refractivity contribution in [3.05, 3.63) is 40.6 Å². The first-order valence-corrected chi connectivity index (χ1v) is 10.8. The molecule has 3 rings (SSSR count). The lowest BCUT2D eigenvalue weighted by Gasteiger charge is -2.30. The number of anilines is 1. The molecule has 1 N–H and O–H groups in total. The number of piperidine rings is 1. The Morgan fingerprint density at radius 2 is 1.89 bits per heavy atom. The first-order chi connectivity index (χ1) is 12.8. The summed E-state index contributed by atoms with van der Waals surface area (Å²) in [4.78, 5) is 12.4. The molecular weight excluding hydrogens is 411 g/mol. The number of rotatable bonds is 5. The lowest BCUT2D eigenvalue weighted by atomic mass is 9.97. The van der Waals surface area contributed by atoms with Crippen LogP contribution in [0.5, 0.6) is 0 Å². The second kappa shape index (κ2) is 8.18. The van der Waals surface area contributed by atoms with Crippen LogP contribution in [0.25, 0.3) is 0 Å². The third-order valence-corrected chi connectivity index (χ3v) is 7.42. The van der Waals surface area contributed by atoms with Gasteiger partial charge in [-0.2, -0.15) is 9.40 Å². The molecule has 0 saturated carbocycles. The number of sulfonamides is 1. The molecule has 0 unspecified atom stereocenters. The molecule has 10 heteroatoms. The Hall–Kier alpha value is -1.61. The van der Waals surface area contributed by atoms with Crippen molar-refractivity contribution in [2.75, 3.05) is 18.4 Å². The van der Waals surface area contributed by atoms with Gasteiger partial charge in [-0.05, 0) is 31.9 Å². The summed E-state index contributed by atoms with van der Waals surface area (Å²) in [5.41, 5.74) is 0.639. The van der Waals surface area contributed by atoms with Crippen LogP contribution in [0.15, 0.2) is 35.5 Å². The number of hydrogen-bond acceptors (Lipinski definition) is 4. The van der Waals surface area contributed by atoms with Crippen LogP contribution in [-0.4, -0.2) is 41.5 Å². The number of carbonyl (C=O) groups is 1. The van der Waals surface area contributed by atoms with E-state index in [1.807, 2.05) is 6.92 Å². The van der Waals surface area contributed by atoms with E-state index in [1.165, 1.54) is 16.4 Å². The van der Waals surface area contributed by atoms with Crippen molar-refractivity contribution in [2.45, 2.75) is 31.2 Å². The number of aryl methyl sites for hydroxylation is 1. The predicted molar refractivity (Wildman–Crippen MR) is 104 cm³/mol. The van der Waals surface area contributed by atoms with Gasteiger partial charge in [-0.1, -0.05) is 29.3 Å². The summed E-state index contributed by atoms with van der Waals surface area (Å²) in [5, 5.41) is 7.14. The molecule has 146 valence electrons. The summed E-state index contributed by atoms with van der Waals surface area (Å²) < 4.78 is 28.8. The normalized spacial score (nSPS) is 16.4. The van der Waals surface area contributed by atoms with E-state index in [9.17, 15) is 13.2 Å². The molecule has 1 saturated heterocycles. The fourth-order valence-electron chi connectivity index (χ4n) is 3.06. The first-order valence-electron chi connectivity index (χ1n) is 8.60. The minimum absolute atomic E-state index is 0.0804. The van der Waals surface area contributed by atoms with Crippen LogP contribution in [0.4, 0.5) is 5.69 Å². The molecule has 0 spiro atoms. The van der Waals surface area contributed by atoms with Crippen molar-refractivity contribution in [1.82, 2.24) is 14.1 Å². The van der Waals surface area contributed by atoms with Crippen molar-refractivity contribution < 1.29 is 13.2 Å². The topological polar surface area (TPSA) is 84.3 Å². The Morgan fingerprint density at radius 1 is 1.26 bits per heavy atom. The van der Waals surface area contributed by atoms with Crippen molar-refractivity contribution in [2.24, 2.45) is 5.92 Å². The highest BCUT2D eigenvalue weighted by Gasteiger charge is 2.34. The van der Waals surface area contributed by atoms with E-state index >= 15 is 0 Å². The van der Waals surface area contributed by atoms with E-state index < -0.39 is 10.0 Å². The maximum Gasteiger partial charge on any atom is 0.246 e. The summed E-state index contributed by atoms with van der Waals surface area (Å²) in [7, 11) is -3.81. The Morgan fingerprint density at radius 3 is 2.44 bits per heavy atom. The Balaban J connectivity index is 1.65. The smallest absolute Gasteiger partial charge is 0.246 e. The standard InChI is InChI=1S/C17H20Cl2N4O3S/c1-2-22-11-13(10-20-22)21-17(24)12-6-8-23(9-7-12)27(25,26)16-14(18)4-3-5-15(16)19/h3-5,10-12H,2,6-9H2,1H3,(H,21,24). The van der Waals surface area contributed by atoms with Gasteiger partial charge in [0.05, 0.1) is 21.9 Å². The van der Waals surface area contributed by atoms with Gasteiger partial charge in [0.1, 0.15) is 4.90 Å². The average Bonchev–Trinajstić information content (AvgIpc) is 3.09. The summed E-state index contributed by atoms with van der Waals surface area (Å²) in [5.74, 6) is -0.387. The molecule has 1 aromatic carbocycles. The molecule has 0 bridgehead atoms. The zero-order valence-corrected chi connectivity index (χ0v) is 17.1. The second-order valence-electron chi connectivity index (χ2n) is 6.30. The number of halogens is 2. The Bertz CT molecular complexity index is 917. The molecule has 0 aliphatic carbocycles. The monoisotopic (exact) mass is 430 g/mol. The van der Waals surface area contributed by atoms with Gasteiger partial charge in [-0.25, -0.2) is 8.42 Å². The van der Waals surface area contributed by atoms with Gasteiger partial charge >= 0.3 is 0 Å². The highest BCUT2D eigenvalue weighted by molar-refractivity contribution is 7.89. The molecule has 27 heavy (non-hydrogen) atoms. The van der Waals surface area contributed by atoms with Gasteiger partial charge in [0, 0.05) is 31.7 Å². The minimum Gasteiger partial charge on any atom is -0.323 e. The van der Waals surface area contributed by atoms with E-state index in [0.717, 1.165) is 6.54 Å². The third-order valence-electron chi connectivity index (χ3n) is 4.57. The number of nitrogens with one attached hydrogen (secondary N) is 1. The molecule has 1 aromatic heterocycles. The summed E-state index contributed by atoms with van der Waals surface area (Å²) in [6, 6.07) is 4.59. The molecule has 0 radical (unpaired) electrons. The molecule has 2 aromatic rings. The molecule has 2 heterocycles. The third kappa shape index (κ3) is 4.29. The Kier molecular flexibility index (Phi) is 6.10. The highest BCUT2D eigenvalue weighted by Crippen LogP contribution is 2.33. The van der Waals surface area contributed by atoms with Gasteiger partial charge < -0.3 is 5.32 Å². The zero-order valence-electron chi connectivity index (χ0n) is 14.7. The zero-order chi connectivity index (χ0) is 19.6. The summed E-state index contributed by atoms with van der Waals surface area (Å²) in [6.07, 6.45) is 4.21. The van der Waals surface area contributed by atoms with E-state index in [-0.39, 0.29) is 39.9 Å². The van der Waals surface area contributed by atoms with Crippen molar-refractivity contribution in [3.8, 4) is 0 Å². The lowest BCUT2D eigenvalue weighted by Crippen LogP contribution is -2.41. The largest absolute Gasteiger partial charge is 0.323 e. The lowest BCUT2D eigenvalue weighted by molar-refractivity contribution is -0.120. The SMILES string of the molecule is CCn1cc(NC(=O)C2CCN(S(=O)(=O)c3c(Cl)cccc3Cl)CC2)cn1. The van der Waals surface area contributed by atoms with E-state index in [0.29, 0.717) is 18.5 Å². The molecule has 0 atom stereocenters. The number of hydrogen-bond donors (Lipinski definition) is 1. The quantitative estimate of drug-likeness (QED) is 0.788. The van der Waals surface area contributed by atoms with Crippen LogP contribution in [0, 0.1) is 5.92 Å². The van der Waals surface area contributed by atoms with Crippen LogP contribution in [-0.2, 0) is 21.4 Å². The molecular formula is C17H20Cl2N4O3S. The maximum absolute atomic E-state index is 12.9. The van der Waals surface area contributed by atoms with Crippen molar-refractivity contribution in [1.29, 1.82) is 0 Å². The number of benzene rings is 1. The Labute approximate surface area is 168 Å². The fourth-order valence-corrected chi connectivity index (χ4v) is 5.62. The number of amides is 1. The number of aromatic nitrogens is 2. The summed E-state index contributed by atoms with van der Waals surface area (Å²) >= 11 is 12.1. The highest BCUT2D eigenvalue weighted by atomic mass is 35.5. The van der Waals surface area contributed by atoms with E-state index in [1.54, 1.807) is 23.1 Å². The molecule has 1 aliphatic rings. The predicted octanol–water partition coefficient (Wildman–Crippen LogP) is 3.25.